The van der Waals surface area contributed by atoms with Gasteiger partial charge in [-0.1, -0.05) is 18.2 Å². The molecule has 0 aromatic heterocycles. The van der Waals surface area contributed by atoms with Gasteiger partial charge >= 0.3 is 5.97 Å². The van der Waals surface area contributed by atoms with Gasteiger partial charge in [-0.25, -0.2) is 0 Å². The third kappa shape index (κ3) is 3.01. The summed E-state index contributed by atoms with van der Waals surface area (Å²) < 4.78 is 0. The molecule has 0 amide bonds. The van der Waals surface area contributed by atoms with Crippen LogP contribution in [0, 0.1) is 0 Å². The van der Waals surface area contributed by atoms with Crippen LogP contribution in [0.5, 0.6) is 0 Å². The molecule has 1 atom stereocenters. The molecule has 18 heavy (non-hydrogen) atoms. The second-order valence-electron chi connectivity index (χ2n) is 4.79. The van der Waals surface area contributed by atoms with E-state index in [2.05, 4.69) is 21.9 Å². The molecule has 1 aliphatic rings. The van der Waals surface area contributed by atoms with Gasteiger partial charge in [-0.2, -0.15) is 0 Å². The van der Waals surface area contributed by atoms with Crippen LogP contribution in [0.25, 0.3) is 0 Å². The SMILES string of the molecule is CN(CCN1CCC[C@@H]1C(=O)O)c1ccccc1. The Labute approximate surface area is 108 Å². The Kier molecular flexibility index (Phi) is 4.20. The molecule has 0 radical (unpaired) electrons. The number of carboxylic acids is 1. The van der Waals surface area contributed by atoms with Crippen molar-refractivity contribution in [1.29, 1.82) is 0 Å². The molecule has 1 aliphatic heterocycles. The van der Waals surface area contributed by atoms with Crippen LogP contribution < -0.4 is 4.90 Å². The van der Waals surface area contributed by atoms with Crippen LogP contribution in [0.2, 0.25) is 0 Å². The zero-order chi connectivity index (χ0) is 13.0. The molecule has 0 aliphatic carbocycles. The van der Waals surface area contributed by atoms with Gasteiger partial charge in [0, 0.05) is 25.8 Å². The second kappa shape index (κ2) is 5.87. The van der Waals surface area contributed by atoms with E-state index in [1.165, 1.54) is 5.69 Å². The van der Waals surface area contributed by atoms with Gasteiger partial charge in [-0.05, 0) is 31.5 Å². The highest BCUT2D eigenvalue weighted by Crippen LogP contribution is 2.17. The smallest absolute Gasteiger partial charge is 0.320 e. The lowest BCUT2D eigenvalue weighted by atomic mass is 10.2. The summed E-state index contributed by atoms with van der Waals surface area (Å²) >= 11 is 0. The van der Waals surface area contributed by atoms with Crippen molar-refractivity contribution in [1.82, 2.24) is 4.90 Å². The summed E-state index contributed by atoms with van der Waals surface area (Å²) in [6.07, 6.45) is 1.77. The van der Waals surface area contributed by atoms with E-state index in [9.17, 15) is 4.79 Å². The number of para-hydroxylation sites is 1. The van der Waals surface area contributed by atoms with E-state index in [4.69, 9.17) is 5.11 Å². The highest BCUT2D eigenvalue weighted by molar-refractivity contribution is 5.73. The van der Waals surface area contributed by atoms with E-state index in [0.717, 1.165) is 32.5 Å². The van der Waals surface area contributed by atoms with E-state index in [0.29, 0.717) is 0 Å². The molecular formula is C14H20N2O2. The lowest BCUT2D eigenvalue weighted by Gasteiger charge is -2.25. The molecule has 1 heterocycles. The third-order valence-electron chi connectivity index (χ3n) is 3.57. The van der Waals surface area contributed by atoms with Crippen LogP contribution in [0.3, 0.4) is 0 Å². The number of carbonyl (C=O) groups is 1. The number of hydrogen-bond acceptors (Lipinski definition) is 3. The minimum Gasteiger partial charge on any atom is -0.480 e. The summed E-state index contributed by atoms with van der Waals surface area (Å²) in [5.74, 6) is -0.685. The fourth-order valence-electron chi connectivity index (χ4n) is 2.46. The molecule has 0 unspecified atom stereocenters. The molecule has 1 aromatic carbocycles. The number of rotatable bonds is 5. The van der Waals surface area contributed by atoms with Crippen LogP contribution in [-0.2, 0) is 4.79 Å². The fraction of sp³-hybridized carbons (Fsp3) is 0.500. The first-order valence-electron chi connectivity index (χ1n) is 6.41. The Morgan fingerprint density at radius 2 is 2.17 bits per heavy atom. The number of likely N-dealkylation sites (N-methyl/N-ethyl adjacent to an activating group) is 1. The Hall–Kier alpha value is -1.55. The predicted octanol–water partition coefficient (Wildman–Crippen LogP) is 1.67. The van der Waals surface area contributed by atoms with Crippen molar-refractivity contribution in [2.24, 2.45) is 0 Å². The van der Waals surface area contributed by atoms with E-state index >= 15 is 0 Å². The number of aliphatic carboxylic acids is 1. The summed E-state index contributed by atoms with van der Waals surface area (Å²) in [5.41, 5.74) is 1.17. The number of likely N-dealkylation sites (tertiary alicyclic amines) is 1. The maximum atomic E-state index is 11.1. The third-order valence-corrected chi connectivity index (χ3v) is 3.57. The van der Waals surface area contributed by atoms with Crippen molar-refractivity contribution in [2.75, 3.05) is 31.6 Å². The van der Waals surface area contributed by atoms with E-state index < -0.39 is 5.97 Å². The molecule has 0 spiro atoms. The van der Waals surface area contributed by atoms with Gasteiger partial charge in [0.15, 0.2) is 0 Å². The van der Waals surface area contributed by atoms with Gasteiger partial charge in [0.2, 0.25) is 0 Å². The molecule has 4 heteroatoms. The van der Waals surface area contributed by atoms with Crippen LogP contribution in [0.4, 0.5) is 5.69 Å². The second-order valence-corrected chi connectivity index (χ2v) is 4.79. The number of anilines is 1. The number of benzene rings is 1. The summed E-state index contributed by atoms with van der Waals surface area (Å²) in [6, 6.07) is 9.88. The summed E-state index contributed by atoms with van der Waals surface area (Å²) in [5, 5.41) is 9.11. The highest BCUT2D eigenvalue weighted by Gasteiger charge is 2.29. The largest absolute Gasteiger partial charge is 0.480 e. The molecule has 1 saturated heterocycles. The summed E-state index contributed by atoms with van der Waals surface area (Å²) in [7, 11) is 2.04. The van der Waals surface area contributed by atoms with Gasteiger partial charge in [0.1, 0.15) is 6.04 Å². The van der Waals surface area contributed by atoms with Crippen LogP contribution in [-0.4, -0.2) is 48.7 Å². The lowest BCUT2D eigenvalue weighted by Crippen LogP contribution is -2.40. The topological polar surface area (TPSA) is 43.8 Å². The minimum absolute atomic E-state index is 0.283. The molecule has 1 fully saturated rings. The quantitative estimate of drug-likeness (QED) is 0.861. The highest BCUT2D eigenvalue weighted by atomic mass is 16.4. The maximum Gasteiger partial charge on any atom is 0.320 e. The Balaban J connectivity index is 1.86. The molecular weight excluding hydrogens is 228 g/mol. The first-order chi connectivity index (χ1) is 8.68. The first-order valence-corrected chi connectivity index (χ1v) is 6.41. The fourth-order valence-corrected chi connectivity index (χ4v) is 2.46. The zero-order valence-corrected chi connectivity index (χ0v) is 10.7. The van der Waals surface area contributed by atoms with E-state index in [-0.39, 0.29) is 6.04 Å². The number of carboxylic acid groups (broad SMARTS) is 1. The predicted molar refractivity (Wildman–Crippen MR) is 71.9 cm³/mol. The molecule has 4 nitrogen and oxygen atoms in total. The van der Waals surface area contributed by atoms with E-state index in [1.54, 1.807) is 0 Å². The van der Waals surface area contributed by atoms with Gasteiger partial charge in [0.25, 0.3) is 0 Å². The van der Waals surface area contributed by atoms with E-state index in [1.807, 2.05) is 25.2 Å². The van der Waals surface area contributed by atoms with Crippen LogP contribution in [0.15, 0.2) is 30.3 Å². The average molecular weight is 248 g/mol. The summed E-state index contributed by atoms with van der Waals surface area (Å²) in [6.45, 7) is 2.57. The number of nitrogens with zero attached hydrogens (tertiary/aromatic N) is 2. The van der Waals surface area contributed by atoms with Gasteiger partial charge in [-0.15, -0.1) is 0 Å². The van der Waals surface area contributed by atoms with Crippen molar-refractivity contribution in [3.8, 4) is 0 Å². The first kappa shape index (κ1) is 12.9. The normalized spacial score (nSPS) is 19.9. The lowest BCUT2D eigenvalue weighted by molar-refractivity contribution is -0.142. The molecule has 0 bridgehead atoms. The van der Waals surface area contributed by atoms with Gasteiger partial charge in [0.05, 0.1) is 0 Å². The Morgan fingerprint density at radius 1 is 1.44 bits per heavy atom. The molecule has 0 saturated carbocycles. The van der Waals surface area contributed by atoms with Crippen LogP contribution >= 0.6 is 0 Å². The molecule has 1 aromatic rings. The minimum atomic E-state index is -0.685. The van der Waals surface area contributed by atoms with Gasteiger partial charge < -0.3 is 10.0 Å². The van der Waals surface area contributed by atoms with Gasteiger partial charge in [-0.3, -0.25) is 9.69 Å². The number of hydrogen-bond donors (Lipinski definition) is 1. The van der Waals surface area contributed by atoms with Crippen molar-refractivity contribution < 1.29 is 9.90 Å². The average Bonchev–Trinajstić information content (AvgIpc) is 2.85. The standard InChI is InChI=1S/C14H20N2O2/c1-15(12-6-3-2-4-7-12)10-11-16-9-5-8-13(16)14(17)18/h2-4,6-7,13H,5,8-11H2,1H3,(H,17,18)/t13-/m1/s1. The molecule has 2 rings (SSSR count). The van der Waals surface area contributed by atoms with Crippen molar-refractivity contribution >= 4 is 11.7 Å². The Bertz CT molecular complexity index is 394. The maximum absolute atomic E-state index is 11.1. The van der Waals surface area contributed by atoms with Crippen molar-refractivity contribution in [2.45, 2.75) is 18.9 Å². The van der Waals surface area contributed by atoms with Crippen LogP contribution in [0.1, 0.15) is 12.8 Å². The Morgan fingerprint density at radius 3 is 2.83 bits per heavy atom. The van der Waals surface area contributed by atoms with Crippen molar-refractivity contribution in [3.63, 3.8) is 0 Å². The monoisotopic (exact) mass is 248 g/mol. The summed E-state index contributed by atoms with van der Waals surface area (Å²) in [4.78, 5) is 15.3. The zero-order valence-electron chi connectivity index (χ0n) is 10.7. The molecule has 1 N–H and O–H groups in total. The molecule has 98 valence electrons. The van der Waals surface area contributed by atoms with Crippen molar-refractivity contribution in [3.05, 3.63) is 30.3 Å².